The van der Waals surface area contributed by atoms with Crippen LogP contribution in [0.2, 0.25) is 0 Å². The van der Waals surface area contributed by atoms with Gasteiger partial charge in [0.25, 0.3) is 0 Å². The van der Waals surface area contributed by atoms with Crippen LogP contribution in [0.4, 0.5) is 0 Å². The van der Waals surface area contributed by atoms with E-state index in [1.165, 1.54) is 0 Å². The Balaban J connectivity index is 3.00. The standard InChI is InChI=1S/C10H13NO/c1-3-9-6-5-7-11(8-12)10(9)4-2/h3-4,8H,1-2,5-7H2. The number of amides is 1. The van der Waals surface area contributed by atoms with Gasteiger partial charge in [0.1, 0.15) is 0 Å². The van der Waals surface area contributed by atoms with Gasteiger partial charge in [-0.25, -0.2) is 0 Å². The van der Waals surface area contributed by atoms with Gasteiger partial charge in [-0.3, -0.25) is 4.79 Å². The van der Waals surface area contributed by atoms with Crippen molar-refractivity contribution in [3.05, 3.63) is 36.6 Å². The van der Waals surface area contributed by atoms with E-state index in [1.54, 1.807) is 17.1 Å². The van der Waals surface area contributed by atoms with Crippen molar-refractivity contribution >= 4 is 6.41 Å². The van der Waals surface area contributed by atoms with Crippen LogP contribution in [0.5, 0.6) is 0 Å². The Morgan fingerprint density at radius 1 is 1.33 bits per heavy atom. The highest BCUT2D eigenvalue weighted by atomic mass is 16.1. The van der Waals surface area contributed by atoms with Gasteiger partial charge in [0.05, 0.1) is 0 Å². The summed E-state index contributed by atoms with van der Waals surface area (Å²) >= 11 is 0. The summed E-state index contributed by atoms with van der Waals surface area (Å²) in [5, 5.41) is 0. The summed E-state index contributed by atoms with van der Waals surface area (Å²) in [6, 6.07) is 0. The van der Waals surface area contributed by atoms with E-state index >= 15 is 0 Å². The van der Waals surface area contributed by atoms with E-state index in [0.29, 0.717) is 0 Å². The normalized spacial score (nSPS) is 17.5. The molecule has 0 spiro atoms. The number of allylic oxidation sites excluding steroid dienone is 3. The van der Waals surface area contributed by atoms with Gasteiger partial charge in [-0.15, -0.1) is 0 Å². The molecule has 0 saturated carbocycles. The number of carbonyl (C=O) groups is 1. The van der Waals surface area contributed by atoms with Gasteiger partial charge in [0.15, 0.2) is 0 Å². The summed E-state index contributed by atoms with van der Waals surface area (Å²) in [6.07, 6.45) is 6.36. The highest BCUT2D eigenvalue weighted by Gasteiger charge is 2.14. The van der Waals surface area contributed by atoms with E-state index in [1.807, 2.05) is 0 Å². The molecule has 1 heterocycles. The molecule has 0 saturated heterocycles. The van der Waals surface area contributed by atoms with Crippen LogP contribution in [0, 0.1) is 0 Å². The lowest BCUT2D eigenvalue weighted by molar-refractivity contribution is -0.116. The predicted octanol–water partition coefficient (Wildman–Crippen LogP) is 1.86. The minimum Gasteiger partial charge on any atom is -0.315 e. The van der Waals surface area contributed by atoms with E-state index in [4.69, 9.17) is 0 Å². The van der Waals surface area contributed by atoms with Gasteiger partial charge < -0.3 is 4.90 Å². The van der Waals surface area contributed by atoms with Gasteiger partial charge in [0.2, 0.25) is 6.41 Å². The van der Waals surface area contributed by atoms with Gasteiger partial charge in [-0.2, -0.15) is 0 Å². The molecular formula is C10H13NO. The molecule has 12 heavy (non-hydrogen) atoms. The maximum atomic E-state index is 10.6. The second-order valence-corrected chi connectivity index (χ2v) is 2.72. The van der Waals surface area contributed by atoms with Crippen LogP contribution >= 0.6 is 0 Å². The summed E-state index contributed by atoms with van der Waals surface area (Å²) in [5.41, 5.74) is 2.02. The van der Waals surface area contributed by atoms with Gasteiger partial charge in [0, 0.05) is 12.2 Å². The first kappa shape index (κ1) is 8.78. The zero-order valence-corrected chi connectivity index (χ0v) is 7.12. The van der Waals surface area contributed by atoms with Gasteiger partial charge in [-0.1, -0.05) is 19.2 Å². The van der Waals surface area contributed by atoms with E-state index in [9.17, 15) is 4.79 Å². The average Bonchev–Trinajstić information content (AvgIpc) is 2.16. The van der Waals surface area contributed by atoms with Crippen LogP contribution < -0.4 is 0 Å². The molecule has 0 aromatic heterocycles. The predicted molar refractivity (Wildman–Crippen MR) is 49.4 cm³/mol. The lowest BCUT2D eigenvalue weighted by atomic mass is 10.0. The molecule has 0 fully saturated rings. The van der Waals surface area contributed by atoms with E-state index in [0.717, 1.165) is 37.1 Å². The molecule has 1 aliphatic rings. The third kappa shape index (κ3) is 1.47. The molecule has 0 bridgehead atoms. The van der Waals surface area contributed by atoms with E-state index < -0.39 is 0 Å². The monoisotopic (exact) mass is 163 g/mol. The Labute approximate surface area is 72.9 Å². The van der Waals surface area contributed by atoms with Crippen LogP contribution in [-0.2, 0) is 4.79 Å². The zero-order chi connectivity index (χ0) is 8.97. The minimum atomic E-state index is 0.794. The first-order valence-corrected chi connectivity index (χ1v) is 4.03. The molecule has 0 N–H and O–H groups in total. The van der Waals surface area contributed by atoms with Crippen molar-refractivity contribution in [2.24, 2.45) is 0 Å². The quantitative estimate of drug-likeness (QED) is 0.581. The molecule has 0 aliphatic carbocycles. The van der Waals surface area contributed by atoms with Crippen molar-refractivity contribution in [1.82, 2.24) is 4.90 Å². The molecule has 0 aromatic carbocycles. The lowest BCUT2D eigenvalue weighted by Gasteiger charge is -2.25. The molecule has 0 radical (unpaired) electrons. The molecule has 2 nitrogen and oxygen atoms in total. The van der Waals surface area contributed by atoms with Crippen molar-refractivity contribution < 1.29 is 4.79 Å². The van der Waals surface area contributed by atoms with Crippen molar-refractivity contribution in [1.29, 1.82) is 0 Å². The lowest BCUT2D eigenvalue weighted by Crippen LogP contribution is -2.26. The summed E-state index contributed by atoms with van der Waals surface area (Å²) in [7, 11) is 0. The second kappa shape index (κ2) is 3.90. The topological polar surface area (TPSA) is 20.3 Å². The average molecular weight is 163 g/mol. The van der Waals surface area contributed by atoms with Gasteiger partial charge in [-0.05, 0) is 24.5 Å². The molecule has 1 aliphatic heterocycles. The Morgan fingerprint density at radius 3 is 2.58 bits per heavy atom. The Hall–Kier alpha value is -1.31. The molecule has 1 rings (SSSR count). The van der Waals surface area contributed by atoms with Gasteiger partial charge >= 0.3 is 0 Å². The van der Waals surface area contributed by atoms with Crippen molar-refractivity contribution in [2.75, 3.05) is 6.54 Å². The molecule has 64 valence electrons. The highest BCUT2D eigenvalue weighted by Crippen LogP contribution is 2.21. The molecular weight excluding hydrogens is 150 g/mol. The number of rotatable bonds is 3. The van der Waals surface area contributed by atoms with Crippen molar-refractivity contribution in [3.63, 3.8) is 0 Å². The highest BCUT2D eigenvalue weighted by molar-refractivity contribution is 5.55. The van der Waals surface area contributed by atoms with Crippen LogP contribution in [-0.4, -0.2) is 17.9 Å². The molecule has 0 aromatic rings. The largest absolute Gasteiger partial charge is 0.315 e. The SMILES string of the molecule is C=CC1=C(C=C)N(C=O)CCC1. The van der Waals surface area contributed by atoms with E-state index in [2.05, 4.69) is 13.2 Å². The molecule has 0 atom stereocenters. The first-order chi connectivity index (χ1) is 5.83. The Morgan fingerprint density at radius 2 is 2.08 bits per heavy atom. The first-order valence-electron chi connectivity index (χ1n) is 4.03. The number of hydrogen-bond donors (Lipinski definition) is 0. The molecule has 1 amide bonds. The van der Waals surface area contributed by atoms with E-state index in [-0.39, 0.29) is 0 Å². The zero-order valence-electron chi connectivity index (χ0n) is 7.12. The molecule has 2 heteroatoms. The Bertz CT molecular complexity index is 240. The van der Waals surface area contributed by atoms with Crippen molar-refractivity contribution in [2.45, 2.75) is 12.8 Å². The fourth-order valence-corrected chi connectivity index (χ4v) is 1.44. The summed E-state index contributed by atoms with van der Waals surface area (Å²) < 4.78 is 0. The maximum Gasteiger partial charge on any atom is 0.214 e. The van der Waals surface area contributed by atoms with Crippen LogP contribution in [0.1, 0.15) is 12.8 Å². The van der Waals surface area contributed by atoms with Crippen molar-refractivity contribution in [3.8, 4) is 0 Å². The third-order valence-electron chi connectivity index (χ3n) is 2.05. The summed E-state index contributed by atoms with van der Waals surface area (Å²) in [6.45, 7) is 8.17. The fourth-order valence-electron chi connectivity index (χ4n) is 1.44. The number of carbonyl (C=O) groups excluding carboxylic acids is 1. The number of nitrogens with zero attached hydrogens (tertiary/aromatic N) is 1. The fraction of sp³-hybridized carbons (Fsp3) is 0.300. The Kier molecular flexibility index (Phi) is 2.86. The maximum absolute atomic E-state index is 10.6. The smallest absolute Gasteiger partial charge is 0.214 e. The summed E-state index contributed by atoms with van der Waals surface area (Å²) in [4.78, 5) is 12.3. The number of hydrogen-bond acceptors (Lipinski definition) is 1. The second-order valence-electron chi connectivity index (χ2n) is 2.72. The summed E-state index contributed by atoms with van der Waals surface area (Å²) in [5.74, 6) is 0. The third-order valence-corrected chi connectivity index (χ3v) is 2.05. The van der Waals surface area contributed by atoms with Crippen LogP contribution in [0.3, 0.4) is 0 Å². The van der Waals surface area contributed by atoms with Crippen LogP contribution in [0.15, 0.2) is 36.6 Å². The molecule has 0 unspecified atom stereocenters. The van der Waals surface area contributed by atoms with Crippen LogP contribution in [0.25, 0.3) is 0 Å². The minimum absolute atomic E-state index is 0.794.